The SMILES string of the molecule is CCCNCc1ccccc1COc1ccc(OC)cc1. The fourth-order valence-corrected chi connectivity index (χ4v) is 2.10. The minimum absolute atomic E-state index is 0.580. The van der Waals surface area contributed by atoms with Crippen LogP contribution >= 0.6 is 0 Å². The maximum atomic E-state index is 5.86. The zero-order valence-electron chi connectivity index (χ0n) is 12.8. The summed E-state index contributed by atoms with van der Waals surface area (Å²) in [6.45, 7) is 4.67. The van der Waals surface area contributed by atoms with Crippen LogP contribution in [0.1, 0.15) is 24.5 Å². The third-order valence-electron chi connectivity index (χ3n) is 3.31. The molecule has 21 heavy (non-hydrogen) atoms. The normalized spacial score (nSPS) is 10.4. The molecular formula is C18H23NO2. The zero-order valence-corrected chi connectivity index (χ0v) is 12.8. The monoisotopic (exact) mass is 285 g/mol. The van der Waals surface area contributed by atoms with Crippen molar-refractivity contribution in [2.24, 2.45) is 0 Å². The fraction of sp³-hybridized carbons (Fsp3) is 0.333. The fourth-order valence-electron chi connectivity index (χ4n) is 2.10. The van der Waals surface area contributed by atoms with Gasteiger partial charge in [-0.2, -0.15) is 0 Å². The van der Waals surface area contributed by atoms with Crippen LogP contribution in [0.15, 0.2) is 48.5 Å². The molecular weight excluding hydrogens is 262 g/mol. The number of benzene rings is 2. The predicted molar refractivity (Wildman–Crippen MR) is 85.8 cm³/mol. The second kappa shape index (κ2) is 8.32. The van der Waals surface area contributed by atoms with Gasteiger partial charge in [0, 0.05) is 6.54 Å². The van der Waals surface area contributed by atoms with E-state index in [9.17, 15) is 0 Å². The highest BCUT2D eigenvalue weighted by Gasteiger charge is 2.03. The Balaban J connectivity index is 1.95. The van der Waals surface area contributed by atoms with E-state index in [1.165, 1.54) is 11.1 Å². The Morgan fingerprint density at radius 3 is 2.24 bits per heavy atom. The van der Waals surface area contributed by atoms with E-state index < -0.39 is 0 Å². The molecule has 0 heterocycles. The second-order valence-corrected chi connectivity index (χ2v) is 4.91. The van der Waals surface area contributed by atoms with E-state index in [2.05, 4.69) is 36.5 Å². The molecule has 0 saturated heterocycles. The molecule has 0 aliphatic rings. The smallest absolute Gasteiger partial charge is 0.120 e. The number of nitrogens with one attached hydrogen (secondary N) is 1. The van der Waals surface area contributed by atoms with E-state index in [-0.39, 0.29) is 0 Å². The van der Waals surface area contributed by atoms with Crippen molar-refractivity contribution in [2.75, 3.05) is 13.7 Å². The van der Waals surface area contributed by atoms with Gasteiger partial charge >= 0.3 is 0 Å². The van der Waals surface area contributed by atoms with Gasteiger partial charge in [0.15, 0.2) is 0 Å². The molecule has 0 aliphatic heterocycles. The first kappa shape index (κ1) is 15.4. The van der Waals surface area contributed by atoms with Crippen molar-refractivity contribution in [3.05, 3.63) is 59.7 Å². The Labute approximate surface area is 126 Å². The summed E-state index contributed by atoms with van der Waals surface area (Å²) in [5.41, 5.74) is 2.51. The lowest BCUT2D eigenvalue weighted by atomic mass is 10.1. The van der Waals surface area contributed by atoms with E-state index in [0.29, 0.717) is 6.61 Å². The van der Waals surface area contributed by atoms with Gasteiger partial charge in [0.25, 0.3) is 0 Å². The molecule has 0 unspecified atom stereocenters. The van der Waals surface area contributed by atoms with Crippen molar-refractivity contribution in [3.63, 3.8) is 0 Å². The van der Waals surface area contributed by atoms with E-state index in [0.717, 1.165) is 31.0 Å². The lowest BCUT2D eigenvalue weighted by molar-refractivity contribution is 0.304. The van der Waals surface area contributed by atoms with Crippen LogP contribution in [0.5, 0.6) is 11.5 Å². The van der Waals surface area contributed by atoms with Crippen molar-refractivity contribution in [1.82, 2.24) is 5.32 Å². The van der Waals surface area contributed by atoms with Crippen LogP contribution in [0, 0.1) is 0 Å². The van der Waals surface area contributed by atoms with Crippen molar-refractivity contribution >= 4 is 0 Å². The Morgan fingerprint density at radius 1 is 0.905 bits per heavy atom. The Morgan fingerprint density at radius 2 is 1.57 bits per heavy atom. The highest BCUT2D eigenvalue weighted by molar-refractivity contribution is 5.32. The van der Waals surface area contributed by atoms with Gasteiger partial charge in [0.2, 0.25) is 0 Å². The highest BCUT2D eigenvalue weighted by atomic mass is 16.5. The van der Waals surface area contributed by atoms with Crippen LogP contribution in [-0.4, -0.2) is 13.7 Å². The summed E-state index contributed by atoms with van der Waals surface area (Å²) in [7, 11) is 1.66. The van der Waals surface area contributed by atoms with Crippen molar-refractivity contribution in [1.29, 1.82) is 0 Å². The van der Waals surface area contributed by atoms with Gasteiger partial charge in [0.05, 0.1) is 7.11 Å². The van der Waals surface area contributed by atoms with Crippen molar-refractivity contribution in [2.45, 2.75) is 26.5 Å². The molecule has 0 saturated carbocycles. The first-order valence-electron chi connectivity index (χ1n) is 7.38. The van der Waals surface area contributed by atoms with Crippen LogP contribution in [0.25, 0.3) is 0 Å². The number of ether oxygens (including phenoxy) is 2. The molecule has 0 aromatic heterocycles. The Kier molecular flexibility index (Phi) is 6.10. The molecule has 3 heteroatoms. The summed E-state index contributed by atoms with van der Waals surface area (Å²) in [5, 5.41) is 3.43. The van der Waals surface area contributed by atoms with Gasteiger partial charge < -0.3 is 14.8 Å². The molecule has 2 aromatic carbocycles. The standard InChI is InChI=1S/C18H23NO2/c1-3-12-19-13-15-6-4-5-7-16(15)14-21-18-10-8-17(20-2)9-11-18/h4-11,19H,3,12-14H2,1-2H3. The van der Waals surface area contributed by atoms with Gasteiger partial charge in [-0.05, 0) is 48.4 Å². The molecule has 112 valence electrons. The molecule has 0 amide bonds. The minimum Gasteiger partial charge on any atom is -0.497 e. The van der Waals surface area contributed by atoms with Crippen LogP contribution in [0.4, 0.5) is 0 Å². The first-order valence-corrected chi connectivity index (χ1v) is 7.38. The van der Waals surface area contributed by atoms with Gasteiger partial charge in [-0.3, -0.25) is 0 Å². The number of hydrogen-bond donors (Lipinski definition) is 1. The van der Waals surface area contributed by atoms with Crippen LogP contribution < -0.4 is 14.8 Å². The number of hydrogen-bond acceptors (Lipinski definition) is 3. The van der Waals surface area contributed by atoms with E-state index in [4.69, 9.17) is 9.47 Å². The molecule has 2 aromatic rings. The quantitative estimate of drug-likeness (QED) is 0.749. The van der Waals surface area contributed by atoms with Gasteiger partial charge in [-0.25, -0.2) is 0 Å². The maximum absolute atomic E-state index is 5.86. The van der Waals surface area contributed by atoms with E-state index >= 15 is 0 Å². The molecule has 0 fully saturated rings. The Hall–Kier alpha value is -2.00. The summed E-state index contributed by atoms with van der Waals surface area (Å²) < 4.78 is 11.0. The van der Waals surface area contributed by atoms with Gasteiger partial charge in [-0.1, -0.05) is 31.2 Å². The summed E-state index contributed by atoms with van der Waals surface area (Å²) in [6, 6.07) is 16.1. The molecule has 0 spiro atoms. The zero-order chi connectivity index (χ0) is 14.9. The lowest BCUT2D eigenvalue weighted by Gasteiger charge is -2.12. The predicted octanol–water partition coefficient (Wildman–Crippen LogP) is 3.77. The van der Waals surface area contributed by atoms with Gasteiger partial charge in [0.1, 0.15) is 18.1 Å². The lowest BCUT2D eigenvalue weighted by Crippen LogP contribution is -2.15. The molecule has 0 aliphatic carbocycles. The van der Waals surface area contributed by atoms with Crippen LogP contribution in [0.3, 0.4) is 0 Å². The molecule has 3 nitrogen and oxygen atoms in total. The number of rotatable bonds is 8. The summed E-state index contributed by atoms with van der Waals surface area (Å²) >= 11 is 0. The second-order valence-electron chi connectivity index (χ2n) is 4.91. The van der Waals surface area contributed by atoms with E-state index in [1.807, 2.05) is 24.3 Å². The van der Waals surface area contributed by atoms with Crippen LogP contribution in [0.2, 0.25) is 0 Å². The molecule has 0 radical (unpaired) electrons. The molecule has 1 N–H and O–H groups in total. The molecule has 0 bridgehead atoms. The maximum Gasteiger partial charge on any atom is 0.120 e. The van der Waals surface area contributed by atoms with E-state index in [1.54, 1.807) is 7.11 Å². The average Bonchev–Trinajstić information content (AvgIpc) is 2.54. The first-order chi connectivity index (χ1) is 10.3. The highest BCUT2D eigenvalue weighted by Crippen LogP contribution is 2.19. The van der Waals surface area contributed by atoms with Crippen molar-refractivity contribution < 1.29 is 9.47 Å². The molecule has 2 rings (SSSR count). The third kappa shape index (κ3) is 4.80. The van der Waals surface area contributed by atoms with Crippen molar-refractivity contribution in [3.8, 4) is 11.5 Å². The third-order valence-corrected chi connectivity index (χ3v) is 3.31. The number of methoxy groups -OCH3 is 1. The van der Waals surface area contributed by atoms with Crippen LogP contribution in [-0.2, 0) is 13.2 Å². The summed E-state index contributed by atoms with van der Waals surface area (Å²) in [5.74, 6) is 1.69. The molecule has 0 atom stereocenters. The summed E-state index contributed by atoms with van der Waals surface area (Å²) in [6.07, 6.45) is 1.14. The Bertz CT molecular complexity index is 537. The minimum atomic E-state index is 0.580. The largest absolute Gasteiger partial charge is 0.497 e. The topological polar surface area (TPSA) is 30.5 Å². The summed E-state index contributed by atoms with van der Waals surface area (Å²) in [4.78, 5) is 0. The average molecular weight is 285 g/mol. The van der Waals surface area contributed by atoms with Gasteiger partial charge in [-0.15, -0.1) is 0 Å².